The minimum Gasteiger partial charge on any atom is -0.455 e. The minimum absolute atomic E-state index is 0.0475. The van der Waals surface area contributed by atoms with E-state index in [0.29, 0.717) is 44.5 Å². The molecule has 0 saturated heterocycles. The number of methoxy groups -OCH3 is 1. The Balaban J connectivity index is 0.00000154. The first-order valence-electron chi connectivity index (χ1n) is 14.0. The van der Waals surface area contributed by atoms with Crippen molar-refractivity contribution in [1.82, 2.24) is 10.3 Å². The van der Waals surface area contributed by atoms with Crippen LogP contribution in [0.15, 0.2) is 83.3 Å². The largest absolute Gasteiger partial charge is 0.455 e. The summed E-state index contributed by atoms with van der Waals surface area (Å²) in [6.07, 6.45) is 1.91. The van der Waals surface area contributed by atoms with Gasteiger partial charge < -0.3 is 24.5 Å². The summed E-state index contributed by atoms with van der Waals surface area (Å²) in [6, 6.07) is 20.1. The second kappa shape index (κ2) is 14.9. The first-order valence-corrected chi connectivity index (χ1v) is 15.2. The number of nitrogens with one attached hydrogen (secondary N) is 1. The average Bonchev–Trinajstić information content (AvgIpc) is 3.43. The summed E-state index contributed by atoms with van der Waals surface area (Å²) >= 11 is 1.46. The van der Waals surface area contributed by atoms with Crippen molar-refractivity contribution in [1.29, 1.82) is 0 Å². The van der Waals surface area contributed by atoms with Gasteiger partial charge in [0, 0.05) is 62.8 Å². The van der Waals surface area contributed by atoms with Crippen molar-refractivity contribution in [3.8, 4) is 22.5 Å². The second-order valence-electron chi connectivity index (χ2n) is 10.2. The topological polar surface area (TPSA) is 127 Å². The quantitative estimate of drug-likeness (QED) is 0.0575. The highest BCUT2D eigenvalue weighted by atomic mass is 32.2. The lowest BCUT2D eigenvalue weighted by atomic mass is 9.96. The molecule has 1 heterocycles. The van der Waals surface area contributed by atoms with Gasteiger partial charge in [-0.1, -0.05) is 30.1 Å². The molecule has 5 N–H and O–H groups in total. The Bertz CT molecular complexity index is 1850. The second-order valence-corrected chi connectivity index (χ2v) is 11.1. The first kappa shape index (κ1) is 34.0. The molecule has 0 aliphatic carbocycles. The van der Waals surface area contributed by atoms with E-state index in [4.69, 9.17) is 16.0 Å². The summed E-state index contributed by atoms with van der Waals surface area (Å²) in [7, 11) is 6.65. The van der Waals surface area contributed by atoms with E-state index in [0.717, 1.165) is 10.7 Å². The smallest absolute Gasteiger partial charge is 0.270 e. The molecule has 0 saturated carbocycles. The number of hydrazine groups is 1. The number of ether oxygens (including phenoxy) is 1. The van der Waals surface area contributed by atoms with E-state index in [9.17, 15) is 18.4 Å². The van der Waals surface area contributed by atoms with Gasteiger partial charge in [0.05, 0.1) is 23.4 Å². The fourth-order valence-electron chi connectivity index (χ4n) is 4.80. The van der Waals surface area contributed by atoms with Crippen LogP contribution in [-0.4, -0.2) is 51.4 Å². The number of amides is 2. The molecule has 0 atom stereocenters. The van der Waals surface area contributed by atoms with Crippen molar-refractivity contribution >= 4 is 46.1 Å². The van der Waals surface area contributed by atoms with Gasteiger partial charge in [-0.2, -0.15) is 0 Å². The lowest BCUT2D eigenvalue weighted by Crippen LogP contribution is -2.37. The van der Waals surface area contributed by atoms with Crippen LogP contribution in [0.4, 0.5) is 20.2 Å². The number of hydrogen-bond donors (Lipinski definition) is 3. The van der Waals surface area contributed by atoms with E-state index in [1.54, 1.807) is 56.7 Å². The summed E-state index contributed by atoms with van der Waals surface area (Å²) in [5, 5.41) is 4.23. The van der Waals surface area contributed by atoms with Crippen molar-refractivity contribution < 1.29 is 27.5 Å². The summed E-state index contributed by atoms with van der Waals surface area (Å²) in [5.74, 6) is 4.75. The summed E-state index contributed by atoms with van der Waals surface area (Å²) in [5.41, 5.74) is 10.7. The molecule has 0 unspecified atom stereocenters. The number of rotatable bonds is 8. The fraction of sp³-hybridized carbons (Fsp3) is 0.176. The Morgan fingerprint density at radius 3 is 2.11 bits per heavy atom. The molecule has 5 aromatic rings. The van der Waals surface area contributed by atoms with E-state index in [-0.39, 0.29) is 29.5 Å². The van der Waals surface area contributed by atoms with Crippen LogP contribution >= 0.6 is 11.9 Å². The third-order valence-corrected chi connectivity index (χ3v) is 7.85. The maximum atomic E-state index is 13.7. The van der Waals surface area contributed by atoms with Gasteiger partial charge in [0.15, 0.2) is 0 Å². The number of fused-ring (bicyclic) bond motifs is 1. The summed E-state index contributed by atoms with van der Waals surface area (Å²) in [6.45, 7) is 0.0475. The maximum Gasteiger partial charge on any atom is 0.270 e. The number of hydrogen-bond acceptors (Lipinski definition) is 8. The molecular weight excluding hydrogens is 612 g/mol. The number of carbonyl (C=O) groups excluding carboxylic acids is 2. The number of halogens is 2. The van der Waals surface area contributed by atoms with Crippen LogP contribution in [-0.2, 0) is 11.3 Å². The molecule has 0 radical (unpaired) electrons. The predicted molar refractivity (Wildman–Crippen MR) is 180 cm³/mol. The van der Waals surface area contributed by atoms with Crippen LogP contribution < -0.4 is 21.2 Å². The van der Waals surface area contributed by atoms with E-state index >= 15 is 0 Å². The Hall–Kier alpha value is -4.91. The van der Waals surface area contributed by atoms with Gasteiger partial charge in [0.2, 0.25) is 0 Å². The van der Waals surface area contributed by atoms with Gasteiger partial charge >= 0.3 is 0 Å². The van der Waals surface area contributed by atoms with E-state index in [1.807, 2.05) is 29.7 Å². The van der Waals surface area contributed by atoms with Crippen molar-refractivity contribution in [2.75, 3.05) is 44.6 Å². The van der Waals surface area contributed by atoms with Crippen molar-refractivity contribution in [2.45, 2.75) is 6.54 Å². The zero-order valence-electron chi connectivity index (χ0n) is 26.1. The van der Waals surface area contributed by atoms with E-state index in [2.05, 4.69) is 10.1 Å². The van der Waals surface area contributed by atoms with Gasteiger partial charge in [0.25, 0.3) is 11.8 Å². The van der Waals surface area contributed by atoms with Crippen molar-refractivity contribution in [3.63, 3.8) is 0 Å². The van der Waals surface area contributed by atoms with Gasteiger partial charge in [0.1, 0.15) is 23.0 Å². The van der Waals surface area contributed by atoms with Crippen molar-refractivity contribution in [2.24, 2.45) is 5.84 Å². The summed E-state index contributed by atoms with van der Waals surface area (Å²) < 4.78 is 39.4. The molecule has 0 spiro atoms. The van der Waals surface area contributed by atoms with Crippen LogP contribution in [0.25, 0.3) is 33.4 Å². The zero-order chi connectivity index (χ0) is 33.5. The maximum absolute atomic E-state index is 13.7. The Kier molecular flexibility index (Phi) is 11.0. The molecule has 0 fully saturated rings. The van der Waals surface area contributed by atoms with Crippen LogP contribution in [0.3, 0.4) is 0 Å². The average molecular weight is 648 g/mol. The SMILES string of the molecule is CNC(=O)c1c(-c2ccc(F)cc2)oc2cc(N(C)SC)c(-c3ccc(N)c(C(=O)N(N)Cc4ccc(F)cc4)c3)cc12.COC. The Labute approximate surface area is 270 Å². The lowest BCUT2D eigenvalue weighted by Gasteiger charge is -2.21. The highest BCUT2D eigenvalue weighted by Gasteiger charge is 2.25. The third-order valence-electron chi connectivity index (χ3n) is 7.10. The molecule has 0 bridgehead atoms. The Morgan fingerprint density at radius 2 is 1.52 bits per heavy atom. The number of carbonyl (C=O) groups is 2. The number of furan rings is 1. The number of nitrogens with two attached hydrogens (primary N) is 2. The fourth-order valence-corrected chi connectivity index (χ4v) is 5.15. The van der Waals surface area contributed by atoms with E-state index < -0.39 is 11.7 Å². The molecule has 240 valence electrons. The highest BCUT2D eigenvalue weighted by Crippen LogP contribution is 2.42. The molecule has 46 heavy (non-hydrogen) atoms. The number of nitrogens with zero attached hydrogens (tertiary/aromatic N) is 2. The first-order chi connectivity index (χ1) is 22.0. The third kappa shape index (κ3) is 7.31. The number of anilines is 2. The number of nitrogen functional groups attached to an aromatic ring is 1. The van der Waals surface area contributed by atoms with E-state index in [1.165, 1.54) is 43.3 Å². The highest BCUT2D eigenvalue weighted by molar-refractivity contribution is 7.99. The lowest BCUT2D eigenvalue weighted by molar-refractivity contribution is 0.0744. The van der Waals surface area contributed by atoms with Crippen molar-refractivity contribution in [3.05, 3.63) is 107 Å². The van der Waals surface area contributed by atoms with Gasteiger partial charge in [-0.3, -0.25) is 14.6 Å². The zero-order valence-corrected chi connectivity index (χ0v) is 26.9. The normalized spacial score (nSPS) is 10.7. The Morgan fingerprint density at radius 1 is 0.935 bits per heavy atom. The predicted octanol–water partition coefficient (Wildman–Crippen LogP) is 6.48. The molecule has 12 heteroatoms. The van der Waals surface area contributed by atoms with Gasteiger partial charge in [-0.05, 0) is 65.7 Å². The van der Waals surface area contributed by atoms with Crippen LogP contribution in [0, 0.1) is 11.6 Å². The molecule has 5 rings (SSSR count). The van der Waals surface area contributed by atoms with Gasteiger partial charge in [-0.25, -0.2) is 14.6 Å². The molecular formula is C34H35F2N5O4S. The van der Waals surface area contributed by atoms with Crippen LogP contribution in [0.1, 0.15) is 26.3 Å². The monoisotopic (exact) mass is 647 g/mol. The molecule has 2 amide bonds. The minimum atomic E-state index is -0.516. The van der Waals surface area contributed by atoms with Crippen LogP contribution in [0.5, 0.6) is 0 Å². The standard InChI is InChI=1S/C32H29F2N5O3S.C2H6O/c1-37-31(40)29-25-15-23(27(38(2)43-3)16-28(25)42-30(29)19-6-11-22(34)12-7-19)20-8-13-26(35)24(14-20)32(41)39(36)17-18-4-9-21(33)10-5-18;1-3-2/h4-16H,17,35-36H2,1-3H3,(H,37,40);1-2H3. The molecule has 0 aliphatic heterocycles. The number of benzene rings is 4. The summed E-state index contributed by atoms with van der Waals surface area (Å²) in [4.78, 5) is 26.6. The molecule has 0 aliphatic rings. The molecule has 9 nitrogen and oxygen atoms in total. The molecule has 4 aromatic carbocycles. The van der Waals surface area contributed by atoms with Crippen LogP contribution in [0.2, 0.25) is 0 Å². The molecule has 1 aromatic heterocycles. The van der Waals surface area contributed by atoms with Gasteiger partial charge in [-0.15, -0.1) is 0 Å².